The van der Waals surface area contributed by atoms with Gasteiger partial charge in [-0.15, -0.1) is 0 Å². The lowest BCUT2D eigenvalue weighted by molar-refractivity contribution is -0.130. The molecule has 1 aliphatic rings. The molecule has 4 rings (SSSR count). The van der Waals surface area contributed by atoms with Gasteiger partial charge in [0.1, 0.15) is 0 Å². The first-order chi connectivity index (χ1) is 13.0. The number of hydrogen-bond donors (Lipinski definition) is 2. The lowest BCUT2D eigenvalue weighted by Gasteiger charge is -2.25. The molecule has 2 N–H and O–H groups in total. The Bertz CT molecular complexity index is 1100. The zero-order chi connectivity index (χ0) is 19.1. The number of halogens is 1. The highest BCUT2D eigenvalue weighted by Crippen LogP contribution is 2.33. The lowest BCUT2D eigenvalue weighted by Crippen LogP contribution is -2.35. The average Bonchev–Trinajstić information content (AvgIpc) is 2.92. The summed E-state index contributed by atoms with van der Waals surface area (Å²) in [6.07, 6.45) is 1.95. The molecule has 5 nitrogen and oxygen atoms in total. The third kappa shape index (κ3) is 2.90. The molecule has 1 aliphatic heterocycles. The van der Waals surface area contributed by atoms with Gasteiger partial charge in [-0.2, -0.15) is 0 Å². The van der Waals surface area contributed by atoms with Crippen LogP contribution in [0.2, 0.25) is 5.02 Å². The molecule has 1 unspecified atom stereocenters. The Balaban J connectivity index is 1.87. The minimum atomic E-state index is -1.09. The number of carboxylic acids is 1. The maximum atomic E-state index is 13.1. The van der Waals surface area contributed by atoms with E-state index in [0.29, 0.717) is 22.7 Å². The van der Waals surface area contributed by atoms with Gasteiger partial charge in [-0.1, -0.05) is 41.9 Å². The van der Waals surface area contributed by atoms with Crippen LogP contribution in [0.15, 0.2) is 54.7 Å². The van der Waals surface area contributed by atoms with Crippen molar-refractivity contribution in [1.82, 2.24) is 9.88 Å². The number of aromatic nitrogens is 1. The summed E-state index contributed by atoms with van der Waals surface area (Å²) in [4.78, 5) is 29.7. The number of carbonyl (C=O) groups is 2. The zero-order valence-corrected chi connectivity index (χ0v) is 15.3. The van der Waals surface area contributed by atoms with Crippen LogP contribution >= 0.6 is 11.6 Å². The van der Waals surface area contributed by atoms with Gasteiger partial charge in [0.15, 0.2) is 0 Å². The smallest absolute Gasteiger partial charge is 0.339 e. The summed E-state index contributed by atoms with van der Waals surface area (Å²) in [6.45, 7) is 1.90. The number of benzene rings is 2. The number of para-hydroxylation sites is 1. The number of carbonyl (C=O) groups excluding carboxylic acids is 1. The number of H-pyrrole nitrogens is 1. The summed E-state index contributed by atoms with van der Waals surface area (Å²) < 4.78 is 0. The molecule has 3 aromatic rings. The van der Waals surface area contributed by atoms with E-state index in [1.54, 1.807) is 24.3 Å². The highest BCUT2D eigenvalue weighted by molar-refractivity contribution is 6.34. The topological polar surface area (TPSA) is 73.4 Å². The summed E-state index contributed by atoms with van der Waals surface area (Å²) in [5.41, 5.74) is 2.74. The van der Waals surface area contributed by atoms with Crippen LogP contribution in [0.25, 0.3) is 16.5 Å². The number of hydrogen-bond acceptors (Lipinski definition) is 2. The maximum absolute atomic E-state index is 13.1. The van der Waals surface area contributed by atoms with Crippen molar-refractivity contribution in [3.63, 3.8) is 0 Å². The minimum absolute atomic E-state index is 0.0611. The highest BCUT2D eigenvalue weighted by Gasteiger charge is 2.31. The number of rotatable bonds is 2. The third-order valence-electron chi connectivity index (χ3n) is 4.89. The third-order valence-corrected chi connectivity index (χ3v) is 5.22. The summed E-state index contributed by atoms with van der Waals surface area (Å²) in [5, 5.41) is 11.1. The van der Waals surface area contributed by atoms with E-state index >= 15 is 0 Å². The normalized spacial score (nSPS) is 16.6. The van der Waals surface area contributed by atoms with Crippen molar-refractivity contribution in [2.45, 2.75) is 19.4 Å². The van der Waals surface area contributed by atoms with Gasteiger partial charge in [-0.3, -0.25) is 4.79 Å². The molecule has 136 valence electrons. The molecule has 6 heteroatoms. The van der Waals surface area contributed by atoms with Crippen molar-refractivity contribution in [3.05, 3.63) is 76.6 Å². The van der Waals surface area contributed by atoms with Crippen LogP contribution in [-0.4, -0.2) is 32.9 Å². The van der Waals surface area contributed by atoms with Crippen molar-refractivity contribution in [2.75, 3.05) is 0 Å². The molecule has 1 amide bonds. The van der Waals surface area contributed by atoms with E-state index in [0.717, 1.165) is 16.5 Å². The fourth-order valence-electron chi connectivity index (χ4n) is 3.56. The molecule has 0 saturated heterocycles. The molecule has 0 aliphatic carbocycles. The summed E-state index contributed by atoms with van der Waals surface area (Å²) in [5.74, 6) is -1.41. The van der Waals surface area contributed by atoms with Gasteiger partial charge in [0.2, 0.25) is 0 Å². The molecule has 0 spiro atoms. The van der Waals surface area contributed by atoms with Crippen LogP contribution in [0, 0.1) is 0 Å². The van der Waals surface area contributed by atoms with Gasteiger partial charge < -0.3 is 15.0 Å². The molecule has 2 heterocycles. The number of amides is 1. The molecule has 0 radical (unpaired) electrons. The largest absolute Gasteiger partial charge is 0.478 e. The first-order valence-corrected chi connectivity index (χ1v) is 8.97. The Labute approximate surface area is 160 Å². The first-order valence-electron chi connectivity index (χ1n) is 8.59. The van der Waals surface area contributed by atoms with Gasteiger partial charge in [-0.25, -0.2) is 4.79 Å². The number of nitrogens with zero attached hydrogens (tertiary/aromatic N) is 1. The zero-order valence-electron chi connectivity index (χ0n) is 14.6. The van der Waals surface area contributed by atoms with Crippen LogP contribution in [0.1, 0.15) is 28.5 Å². The molecule has 0 bridgehead atoms. The Hall–Kier alpha value is -3.05. The van der Waals surface area contributed by atoms with Gasteiger partial charge in [0.25, 0.3) is 5.91 Å². The minimum Gasteiger partial charge on any atom is -0.478 e. The van der Waals surface area contributed by atoms with E-state index in [1.165, 1.54) is 11.1 Å². The van der Waals surface area contributed by atoms with Gasteiger partial charge in [0, 0.05) is 23.1 Å². The Kier molecular flexibility index (Phi) is 4.24. The predicted octanol–water partition coefficient (Wildman–Crippen LogP) is 4.33. The second kappa shape index (κ2) is 6.59. The van der Waals surface area contributed by atoms with E-state index in [-0.39, 0.29) is 17.5 Å². The number of aromatic amines is 1. The van der Waals surface area contributed by atoms with E-state index in [4.69, 9.17) is 11.6 Å². The van der Waals surface area contributed by atoms with E-state index in [1.807, 2.05) is 31.2 Å². The first kappa shape index (κ1) is 17.4. The number of carboxylic acid groups (broad SMARTS) is 1. The van der Waals surface area contributed by atoms with Crippen molar-refractivity contribution in [1.29, 1.82) is 0 Å². The quantitative estimate of drug-likeness (QED) is 0.694. The van der Waals surface area contributed by atoms with Crippen molar-refractivity contribution in [3.8, 4) is 0 Å². The van der Waals surface area contributed by atoms with Crippen molar-refractivity contribution >= 4 is 40.0 Å². The molecule has 27 heavy (non-hydrogen) atoms. The Morgan fingerprint density at radius 1 is 1.15 bits per heavy atom. The predicted molar refractivity (Wildman–Crippen MR) is 105 cm³/mol. The Morgan fingerprint density at radius 3 is 2.59 bits per heavy atom. The molecule has 0 saturated carbocycles. The summed E-state index contributed by atoms with van der Waals surface area (Å²) in [7, 11) is 0. The number of fused-ring (bicyclic) bond motifs is 3. The molecular formula is C21H17ClN2O3. The van der Waals surface area contributed by atoms with E-state index in [2.05, 4.69) is 4.98 Å². The highest BCUT2D eigenvalue weighted by atomic mass is 35.5. The Morgan fingerprint density at radius 2 is 1.85 bits per heavy atom. The molecule has 1 aromatic heterocycles. The fourth-order valence-corrected chi connectivity index (χ4v) is 3.78. The second-order valence-electron chi connectivity index (χ2n) is 6.62. The number of aliphatic carboxylic acids is 1. The van der Waals surface area contributed by atoms with E-state index in [9.17, 15) is 14.7 Å². The molecule has 2 aromatic carbocycles. The summed E-state index contributed by atoms with van der Waals surface area (Å²) >= 11 is 6.18. The molecule has 0 fully saturated rings. The van der Waals surface area contributed by atoms with Gasteiger partial charge in [0.05, 0.1) is 21.9 Å². The second-order valence-corrected chi connectivity index (χ2v) is 7.02. The van der Waals surface area contributed by atoms with Gasteiger partial charge >= 0.3 is 5.97 Å². The standard InChI is InChI=1S/C21H17ClN2O3/c1-12-10-15-13-6-3-5-9-18(13)23-19(15)16(21(26)27)11-24(12)20(25)14-7-2-4-8-17(14)22/h2-9,11-12,23H,10H2,1H3,(H,26,27). The van der Waals surface area contributed by atoms with Crippen LogP contribution < -0.4 is 0 Å². The SMILES string of the molecule is CC1Cc2c([nH]c3ccccc23)C(C(=O)O)=CN1C(=O)c1ccccc1Cl. The number of nitrogens with one attached hydrogen (secondary N) is 1. The van der Waals surface area contributed by atoms with Crippen LogP contribution in [0.3, 0.4) is 0 Å². The summed E-state index contributed by atoms with van der Waals surface area (Å²) in [6, 6.07) is 14.2. The van der Waals surface area contributed by atoms with Crippen LogP contribution in [-0.2, 0) is 11.2 Å². The van der Waals surface area contributed by atoms with Crippen LogP contribution in [0.5, 0.6) is 0 Å². The van der Waals surface area contributed by atoms with Crippen molar-refractivity contribution < 1.29 is 14.7 Å². The lowest BCUT2D eigenvalue weighted by atomic mass is 10.0. The molecule has 1 atom stereocenters. The monoisotopic (exact) mass is 380 g/mol. The van der Waals surface area contributed by atoms with Crippen molar-refractivity contribution in [2.24, 2.45) is 0 Å². The average molecular weight is 381 g/mol. The maximum Gasteiger partial charge on any atom is 0.339 e. The fraction of sp³-hybridized carbons (Fsp3) is 0.143. The van der Waals surface area contributed by atoms with Crippen LogP contribution in [0.4, 0.5) is 0 Å². The van der Waals surface area contributed by atoms with E-state index < -0.39 is 5.97 Å². The van der Waals surface area contributed by atoms with Gasteiger partial charge in [-0.05, 0) is 37.1 Å². The molecular weight excluding hydrogens is 364 g/mol.